The Hall–Kier alpha value is -2.38. The van der Waals surface area contributed by atoms with Crippen molar-refractivity contribution in [3.63, 3.8) is 0 Å². The van der Waals surface area contributed by atoms with Crippen LogP contribution in [0, 0.1) is 13.8 Å². The predicted molar refractivity (Wildman–Crippen MR) is 102 cm³/mol. The highest BCUT2D eigenvalue weighted by atomic mass is 16.5. The van der Waals surface area contributed by atoms with Crippen molar-refractivity contribution in [2.24, 2.45) is 0 Å². The number of carbonyl (C=O) groups excluding carboxylic acids is 3. The van der Waals surface area contributed by atoms with Gasteiger partial charge in [0.05, 0.1) is 12.2 Å². The molecule has 0 aromatic carbocycles. The quantitative estimate of drug-likeness (QED) is 0.764. The molecule has 3 heterocycles. The van der Waals surface area contributed by atoms with Crippen LogP contribution in [0.3, 0.4) is 0 Å². The maximum absolute atomic E-state index is 12.5. The first-order valence-corrected chi connectivity index (χ1v) is 10.2. The minimum absolute atomic E-state index is 0.00303. The Labute approximate surface area is 165 Å². The molecule has 1 aromatic heterocycles. The third-order valence-electron chi connectivity index (χ3n) is 5.71. The largest absolute Gasteiger partial charge is 0.361 e. The third kappa shape index (κ3) is 5.11. The smallest absolute Gasteiger partial charge is 0.222 e. The number of amides is 3. The summed E-state index contributed by atoms with van der Waals surface area (Å²) in [7, 11) is 0. The van der Waals surface area contributed by atoms with Gasteiger partial charge in [-0.25, -0.2) is 0 Å². The average Bonchev–Trinajstić information content (AvgIpc) is 3.15. The van der Waals surface area contributed by atoms with Crippen LogP contribution in [0.1, 0.15) is 62.0 Å². The van der Waals surface area contributed by atoms with E-state index in [-0.39, 0.29) is 23.8 Å². The van der Waals surface area contributed by atoms with E-state index in [0.717, 1.165) is 36.4 Å². The minimum Gasteiger partial charge on any atom is -0.361 e. The molecule has 2 saturated heterocycles. The summed E-state index contributed by atoms with van der Waals surface area (Å²) in [6, 6.07) is 0.0135. The van der Waals surface area contributed by atoms with Gasteiger partial charge in [-0.2, -0.15) is 0 Å². The van der Waals surface area contributed by atoms with E-state index < -0.39 is 0 Å². The number of hydrogen-bond acceptors (Lipinski definition) is 5. The van der Waals surface area contributed by atoms with E-state index in [1.807, 2.05) is 23.6 Å². The molecule has 8 nitrogen and oxygen atoms in total. The summed E-state index contributed by atoms with van der Waals surface area (Å²) in [6.07, 6.45) is 4.48. The molecule has 0 radical (unpaired) electrons. The molecule has 154 valence electrons. The lowest BCUT2D eigenvalue weighted by molar-refractivity contribution is -0.131. The third-order valence-corrected chi connectivity index (χ3v) is 5.71. The molecule has 3 amide bonds. The summed E-state index contributed by atoms with van der Waals surface area (Å²) in [6.45, 7) is 6.32. The number of aromatic nitrogens is 1. The van der Waals surface area contributed by atoms with Gasteiger partial charge in [0.15, 0.2) is 0 Å². The molecule has 1 aromatic rings. The first-order valence-electron chi connectivity index (χ1n) is 10.2. The molecule has 1 atom stereocenters. The van der Waals surface area contributed by atoms with E-state index in [0.29, 0.717) is 51.7 Å². The van der Waals surface area contributed by atoms with Gasteiger partial charge in [-0.1, -0.05) is 5.16 Å². The van der Waals surface area contributed by atoms with Gasteiger partial charge in [0.1, 0.15) is 5.76 Å². The Morgan fingerprint density at radius 2 is 1.93 bits per heavy atom. The van der Waals surface area contributed by atoms with Crippen molar-refractivity contribution >= 4 is 17.7 Å². The molecule has 2 aliphatic heterocycles. The van der Waals surface area contributed by atoms with Gasteiger partial charge in [-0.3, -0.25) is 14.4 Å². The van der Waals surface area contributed by atoms with Crippen LogP contribution in [0.5, 0.6) is 0 Å². The van der Waals surface area contributed by atoms with Crippen LogP contribution in [0.2, 0.25) is 0 Å². The molecule has 3 rings (SSSR count). The zero-order valence-corrected chi connectivity index (χ0v) is 16.8. The summed E-state index contributed by atoms with van der Waals surface area (Å²) < 4.78 is 5.19. The first kappa shape index (κ1) is 20.4. The van der Waals surface area contributed by atoms with Crippen molar-refractivity contribution < 1.29 is 18.9 Å². The van der Waals surface area contributed by atoms with Crippen LogP contribution < -0.4 is 5.32 Å². The molecule has 0 spiro atoms. The second kappa shape index (κ2) is 9.21. The van der Waals surface area contributed by atoms with Crippen LogP contribution in [0.4, 0.5) is 0 Å². The summed E-state index contributed by atoms with van der Waals surface area (Å²) >= 11 is 0. The van der Waals surface area contributed by atoms with Crippen molar-refractivity contribution in [2.75, 3.05) is 19.6 Å². The molecule has 1 N–H and O–H groups in total. The molecule has 8 heteroatoms. The molecule has 0 saturated carbocycles. The number of rotatable bonds is 7. The summed E-state index contributed by atoms with van der Waals surface area (Å²) in [5, 5.41) is 7.02. The highest BCUT2D eigenvalue weighted by molar-refractivity contribution is 5.79. The maximum atomic E-state index is 12.5. The van der Waals surface area contributed by atoms with Gasteiger partial charge < -0.3 is 19.6 Å². The number of carbonyl (C=O) groups is 3. The zero-order chi connectivity index (χ0) is 20.1. The molecule has 2 aliphatic rings. The highest BCUT2D eigenvalue weighted by Gasteiger charge is 2.25. The number of nitrogens with one attached hydrogen (secondary N) is 1. The van der Waals surface area contributed by atoms with Crippen LogP contribution in [0.25, 0.3) is 0 Å². The molecule has 1 unspecified atom stereocenters. The van der Waals surface area contributed by atoms with Crippen LogP contribution in [-0.2, 0) is 20.9 Å². The first-order chi connectivity index (χ1) is 13.4. The minimum atomic E-state index is 0.00303. The highest BCUT2D eigenvalue weighted by Crippen LogP contribution is 2.19. The fourth-order valence-electron chi connectivity index (χ4n) is 3.94. The number of aryl methyl sites for hydroxylation is 2. The van der Waals surface area contributed by atoms with Gasteiger partial charge in [0.25, 0.3) is 0 Å². The molecule has 0 bridgehead atoms. The SMILES string of the molecule is Cc1noc(C)c1CN1CCC(NC(=O)CCCN2CCCC2=O)CCC1=O. The van der Waals surface area contributed by atoms with E-state index in [9.17, 15) is 14.4 Å². The van der Waals surface area contributed by atoms with Crippen LogP contribution in [0.15, 0.2) is 4.52 Å². The van der Waals surface area contributed by atoms with E-state index in [4.69, 9.17) is 4.52 Å². The van der Waals surface area contributed by atoms with Gasteiger partial charge in [0.2, 0.25) is 17.7 Å². The van der Waals surface area contributed by atoms with E-state index in [2.05, 4.69) is 10.5 Å². The lowest BCUT2D eigenvalue weighted by Crippen LogP contribution is -2.36. The second-order valence-electron chi connectivity index (χ2n) is 7.80. The van der Waals surface area contributed by atoms with Gasteiger partial charge in [-0.15, -0.1) is 0 Å². The van der Waals surface area contributed by atoms with Crippen molar-refractivity contribution in [1.82, 2.24) is 20.3 Å². The van der Waals surface area contributed by atoms with Crippen LogP contribution >= 0.6 is 0 Å². The summed E-state index contributed by atoms with van der Waals surface area (Å²) in [5.41, 5.74) is 1.78. The van der Waals surface area contributed by atoms with E-state index in [1.165, 1.54) is 0 Å². The summed E-state index contributed by atoms with van der Waals surface area (Å²) in [5.74, 6) is 1.05. The fraction of sp³-hybridized carbons (Fsp3) is 0.700. The standard InChI is InChI=1S/C20H30N4O4/c1-14-17(15(2)28-22-14)13-24-12-9-16(7-8-20(24)27)21-18(25)5-3-10-23-11-4-6-19(23)26/h16H,3-13H2,1-2H3,(H,21,25). The molecule has 28 heavy (non-hydrogen) atoms. The topological polar surface area (TPSA) is 95.8 Å². The molecule has 0 aliphatic carbocycles. The molecule has 2 fully saturated rings. The normalized spacial score (nSPS) is 20.6. The Kier molecular flexibility index (Phi) is 6.70. The monoisotopic (exact) mass is 390 g/mol. The van der Waals surface area contributed by atoms with Crippen molar-refractivity contribution in [1.29, 1.82) is 0 Å². The number of nitrogens with zero attached hydrogens (tertiary/aromatic N) is 3. The molecular weight excluding hydrogens is 360 g/mol. The fourth-order valence-corrected chi connectivity index (χ4v) is 3.94. The van der Waals surface area contributed by atoms with Crippen molar-refractivity contribution in [3.05, 3.63) is 17.0 Å². The lowest BCUT2D eigenvalue weighted by Gasteiger charge is -2.21. The van der Waals surface area contributed by atoms with Gasteiger partial charge in [0, 0.05) is 50.5 Å². The average molecular weight is 390 g/mol. The van der Waals surface area contributed by atoms with Gasteiger partial charge >= 0.3 is 0 Å². The Morgan fingerprint density at radius 1 is 1.14 bits per heavy atom. The Bertz CT molecular complexity index is 710. The number of hydrogen-bond donors (Lipinski definition) is 1. The van der Waals surface area contributed by atoms with Gasteiger partial charge in [-0.05, 0) is 39.5 Å². The second-order valence-corrected chi connectivity index (χ2v) is 7.80. The maximum Gasteiger partial charge on any atom is 0.222 e. The van der Waals surface area contributed by atoms with Crippen molar-refractivity contribution in [2.45, 2.75) is 71.4 Å². The predicted octanol–water partition coefficient (Wildman–Crippen LogP) is 1.69. The Balaban J connectivity index is 1.43. The zero-order valence-electron chi connectivity index (χ0n) is 16.8. The summed E-state index contributed by atoms with van der Waals surface area (Å²) in [4.78, 5) is 40.0. The van der Waals surface area contributed by atoms with E-state index in [1.54, 1.807) is 0 Å². The van der Waals surface area contributed by atoms with E-state index >= 15 is 0 Å². The van der Waals surface area contributed by atoms with Crippen LogP contribution in [-0.4, -0.2) is 58.4 Å². The Morgan fingerprint density at radius 3 is 2.61 bits per heavy atom. The lowest BCUT2D eigenvalue weighted by atomic mass is 10.1. The molecular formula is C20H30N4O4. The van der Waals surface area contributed by atoms with Crippen molar-refractivity contribution in [3.8, 4) is 0 Å². The number of likely N-dealkylation sites (tertiary alicyclic amines) is 2.